The summed E-state index contributed by atoms with van der Waals surface area (Å²) in [6, 6.07) is -1.12. The molecule has 2 saturated heterocycles. The number of aliphatic hydroxyl groups is 2. The number of piperidine rings is 1. The number of rotatable bonds is 6. The van der Waals surface area contributed by atoms with E-state index in [-0.39, 0.29) is 54.9 Å². The number of amides is 1. The van der Waals surface area contributed by atoms with Gasteiger partial charge in [0.25, 0.3) is 11.7 Å². The number of hydrogen-bond donors (Lipinski definition) is 2. The summed E-state index contributed by atoms with van der Waals surface area (Å²) < 4.78 is 29.9. The lowest BCUT2D eigenvalue weighted by Crippen LogP contribution is -2.64. The summed E-state index contributed by atoms with van der Waals surface area (Å²) >= 11 is 6.52. The van der Waals surface area contributed by atoms with E-state index in [0.717, 1.165) is 18.4 Å². The number of alkyl halides is 1. The van der Waals surface area contributed by atoms with Gasteiger partial charge in [-0.05, 0) is 95.5 Å². The molecule has 1 amide bonds. The van der Waals surface area contributed by atoms with Crippen LogP contribution < -0.4 is 0 Å². The van der Waals surface area contributed by atoms with Gasteiger partial charge in [0, 0.05) is 52.0 Å². The van der Waals surface area contributed by atoms with E-state index in [1.165, 1.54) is 19.1 Å². The minimum Gasteiger partial charge on any atom is -0.456 e. The van der Waals surface area contributed by atoms with Crippen molar-refractivity contribution < 1.29 is 53.1 Å². The molecule has 318 valence electrons. The van der Waals surface area contributed by atoms with Crippen LogP contribution in [-0.2, 0) is 42.9 Å². The third kappa shape index (κ3) is 10.9. The van der Waals surface area contributed by atoms with Crippen molar-refractivity contribution in [1.82, 2.24) is 4.90 Å². The molecule has 0 aromatic rings. The number of aliphatic hydroxyl groups excluding tert-OH is 1. The van der Waals surface area contributed by atoms with E-state index in [4.69, 9.17) is 35.3 Å². The number of ether oxygens (including phenoxy) is 5. The third-order valence-electron chi connectivity index (χ3n) is 12.8. The molecule has 0 aromatic carbocycles. The topological polar surface area (TPSA) is 158 Å². The Morgan fingerprint density at radius 3 is 2.27 bits per heavy atom. The molecule has 1 saturated carbocycles. The number of carbonyl (C=O) groups is 4. The van der Waals surface area contributed by atoms with Gasteiger partial charge in [0.2, 0.25) is 5.79 Å². The Labute approximate surface area is 339 Å². The standard InChI is InChI=1S/C43H68ClNO11/c1-10-30-18-24(2)17-25(3)19-36(53-8)39-37(54-9)21-27(5)43(51,56-39)40(48)41(49)45-16-12-11-13-32(45)42(50)55-38(28(6)33(46)23-34(30)47)26(4)20-29-14-15-31(44)35(22-29)52-7/h18,20,25,27-33,35-39,46,51H,10-17,19,21-23H2,1-9H3/b24-18+,26-20+/t25-,27+,28?,29-,30+,31-,32-,33-,35+,36-,37-,38+,39+,43+/m0/s1. The average Bonchev–Trinajstić information content (AvgIpc) is 3.18. The van der Waals surface area contributed by atoms with Crippen molar-refractivity contribution in [2.45, 2.75) is 166 Å². The van der Waals surface area contributed by atoms with E-state index in [9.17, 15) is 29.4 Å². The molecule has 0 spiro atoms. The number of hydrogen-bond acceptors (Lipinski definition) is 11. The lowest BCUT2D eigenvalue weighted by molar-refractivity contribution is -0.302. The number of nitrogens with zero attached hydrogens (tertiary/aromatic N) is 1. The molecule has 0 aromatic heterocycles. The number of fused-ring (bicyclic) bond motifs is 3. The number of Topliss-reactive ketones (excluding diaryl/α,β-unsaturated/α-hetero) is 2. The molecule has 3 fully saturated rings. The lowest BCUT2D eigenvalue weighted by Gasteiger charge is -2.47. The van der Waals surface area contributed by atoms with Crippen LogP contribution in [0.2, 0.25) is 0 Å². The van der Waals surface area contributed by atoms with Crippen molar-refractivity contribution in [2.24, 2.45) is 29.6 Å². The van der Waals surface area contributed by atoms with Crippen LogP contribution in [-0.4, -0.2) is 120 Å². The summed E-state index contributed by atoms with van der Waals surface area (Å²) in [5, 5.41) is 23.6. The molecule has 1 unspecified atom stereocenters. The van der Waals surface area contributed by atoms with Crippen molar-refractivity contribution in [2.75, 3.05) is 27.9 Å². The van der Waals surface area contributed by atoms with Crippen LogP contribution in [0.5, 0.6) is 0 Å². The Morgan fingerprint density at radius 2 is 1.62 bits per heavy atom. The minimum atomic E-state index is -2.49. The number of cyclic esters (lactones) is 1. The zero-order valence-electron chi connectivity index (χ0n) is 35.0. The zero-order valence-corrected chi connectivity index (χ0v) is 35.8. The molecule has 0 radical (unpaired) electrons. The minimum absolute atomic E-state index is 0.0425. The second-order valence-electron chi connectivity index (χ2n) is 17.1. The third-order valence-corrected chi connectivity index (χ3v) is 13.3. The van der Waals surface area contributed by atoms with Crippen molar-refractivity contribution in [3.63, 3.8) is 0 Å². The van der Waals surface area contributed by atoms with Gasteiger partial charge in [-0.3, -0.25) is 14.4 Å². The maximum Gasteiger partial charge on any atom is 0.329 e. The SMILES string of the molecule is CC[C@@H]1/C=C(\C)C[C@H](C)C[C@H](OC)[C@H]2O[C@@](O)(C(=O)C(=O)N3CCCC[C@H]3C(=O)O[C@H](/C(C)=C/[C@@H]3CC[C@H](Cl)[C@H](OC)C3)C(C)[C@@H](O)CC1=O)[C@H](C)C[C@@H]2OC. The van der Waals surface area contributed by atoms with Gasteiger partial charge < -0.3 is 38.8 Å². The number of allylic oxidation sites excluding steroid dienone is 3. The van der Waals surface area contributed by atoms with Crippen LogP contribution in [0.25, 0.3) is 0 Å². The fraction of sp³-hybridized carbons (Fsp3) is 0.814. The van der Waals surface area contributed by atoms with Gasteiger partial charge in [-0.2, -0.15) is 0 Å². The highest BCUT2D eigenvalue weighted by molar-refractivity contribution is 6.39. The van der Waals surface area contributed by atoms with Crippen molar-refractivity contribution in [3.05, 3.63) is 23.3 Å². The summed E-state index contributed by atoms with van der Waals surface area (Å²) in [6.45, 7) is 11.3. The first kappa shape index (κ1) is 46.5. The van der Waals surface area contributed by atoms with Gasteiger partial charge >= 0.3 is 5.97 Å². The number of carbonyl (C=O) groups excluding carboxylic acids is 4. The number of esters is 1. The fourth-order valence-electron chi connectivity index (χ4n) is 9.36. The first-order chi connectivity index (χ1) is 26.5. The van der Waals surface area contributed by atoms with Gasteiger partial charge in [-0.25, -0.2) is 4.79 Å². The molecule has 12 nitrogen and oxygen atoms in total. The average molecular weight is 810 g/mol. The van der Waals surface area contributed by atoms with Gasteiger partial charge in [-0.15, -0.1) is 11.6 Å². The normalized spacial score (nSPS) is 41.6. The number of methoxy groups -OCH3 is 3. The van der Waals surface area contributed by atoms with Crippen molar-refractivity contribution in [1.29, 1.82) is 0 Å². The van der Waals surface area contributed by atoms with Crippen LogP contribution in [0.4, 0.5) is 0 Å². The first-order valence-corrected chi connectivity index (χ1v) is 21.2. The van der Waals surface area contributed by atoms with Gasteiger partial charge in [0.05, 0.1) is 29.8 Å². The first-order valence-electron chi connectivity index (χ1n) is 20.7. The fourth-order valence-corrected chi connectivity index (χ4v) is 9.69. The van der Waals surface area contributed by atoms with E-state index in [2.05, 4.69) is 6.92 Å². The Morgan fingerprint density at radius 1 is 0.964 bits per heavy atom. The summed E-state index contributed by atoms with van der Waals surface area (Å²) in [5.41, 5.74) is 1.71. The number of ketones is 2. The Balaban J connectivity index is 1.76. The van der Waals surface area contributed by atoms with Crippen molar-refractivity contribution in [3.8, 4) is 0 Å². The van der Waals surface area contributed by atoms with Crippen LogP contribution >= 0.6 is 11.6 Å². The van der Waals surface area contributed by atoms with Gasteiger partial charge in [-0.1, -0.05) is 45.4 Å². The quantitative estimate of drug-likeness (QED) is 0.146. The van der Waals surface area contributed by atoms with Gasteiger partial charge in [0.1, 0.15) is 24.0 Å². The number of halogens is 1. The molecule has 4 rings (SSSR count). The molecule has 3 heterocycles. The predicted octanol–water partition coefficient (Wildman–Crippen LogP) is 5.72. The molecular weight excluding hydrogens is 742 g/mol. The maximum absolute atomic E-state index is 14.3. The van der Waals surface area contributed by atoms with Crippen LogP contribution in [0.15, 0.2) is 23.3 Å². The van der Waals surface area contributed by atoms with Crippen LogP contribution in [0, 0.1) is 29.6 Å². The molecule has 13 heteroatoms. The van der Waals surface area contributed by atoms with Gasteiger partial charge in [0.15, 0.2) is 0 Å². The lowest BCUT2D eigenvalue weighted by atomic mass is 9.82. The molecule has 3 aliphatic heterocycles. The molecule has 14 atom stereocenters. The van der Waals surface area contributed by atoms with E-state index in [1.54, 1.807) is 21.0 Å². The summed E-state index contributed by atoms with van der Waals surface area (Å²) in [4.78, 5) is 57.7. The Kier molecular flexibility index (Phi) is 17.2. The smallest absolute Gasteiger partial charge is 0.329 e. The van der Waals surface area contributed by atoms with E-state index in [0.29, 0.717) is 44.1 Å². The Bertz CT molecular complexity index is 1440. The van der Waals surface area contributed by atoms with E-state index < -0.39 is 77.8 Å². The molecule has 4 aliphatic rings. The van der Waals surface area contributed by atoms with Crippen molar-refractivity contribution >= 4 is 35.0 Å². The maximum atomic E-state index is 14.3. The Hall–Kier alpha value is -2.19. The molecule has 1 aliphatic carbocycles. The summed E-state index contributed by atoms with van der Waals surface area (Å²) in [6.07, 6.45) is 5.16. The molecule has 2 bridgehead atoms. The predicted molar refractivity (Wildman–Crippen MR) is 212 cm³/mol. The largest absolute Gasteiger partial charge is 0.456 e. The summed E-state index contributed by atoms with van der Waals surface area (Å²) in [5.74, 6) is -7.31. The van der Waals surface area contributed by atoms with Crippen LogP contribution in [0.1, 0.15) is 112 Å². The van der Waals surface area contributed by atoms with E-state index in [1.807, 2.05) is 32.9 Å². The molecular formula is C43H68ClNO11. The molecule has 2 N–H and O–H groups in total. The highest BCUT2D eigenvalue weighted by Crippen LogP contribution is 2.39. The highest BCUT2D eigenvalue weighted by atomic mass is 35.5. The second kappa shape index (κ2) is 20.7. The summed E-state index contributed by atoms with van der Waals surface area (Å²) in [7, 11) is 4.71. The van der Waals surface area contributed by atoms with E-state index >= 15 is 0 Å². The zero-order chi connectivity index (χ0) is 41.5. The van der Waals surface area contributed by atoms with Crippen LogP contribution in [0.3, 0.4) is 0 Å². The monoisotopic (exact) mass is 809 g/mol. The molecule has 56 heavy (non-hydrogen) atoms. The highest BCUT2D eigenvalue weighted by Gasteiger charge is 2.56. The second-order valence-corrected chi connectivity index (χ2v) is 17.7.